The van der Waals surface area contributed by atoms with Gasteiger partial charge in [0.25, 0.3) is 0 Å². The SMILES string of the molecule is Cc1cccc(Nc2nc(NN)c(F)cc2F)c1F. The quantitative estimate of drug-likeness (QED) is 0.591. The molecule has 0 amide bonds. The van der Waals surface area contributed by atoms with E-state index in [0.717, 1.165) is 0 Å². The average Bonchev–Trinajstić information content (AvgIpc) is 2.38. The predicted molar refractivity (Wildman–Crippen MR) is 66.4 cm³/mol. The Hall–Kier alpha value is -2.28. The number of anilines is 3. The number of aryl methyl sites for hydroxylation is 1. The largest absolute Gasteiger partial charge is 0.335 e. The van der Waals surface area contributed by atoms with Crippen LogP contribution in [-0.2, 0) is 0 Å². The van der Waals surface area contributed by atoms with Crippen molar-refractivity contribution in [1.29, 1.82) is 0 Å². The zero-order chi connectivity index (χ0) is 14.0. The molecule has 4 nitrogen and oxygen atoms in total. The van der Waals surface area contributed by atoms with E-state index in [9.17, 15) is 13.2 Å². The lowest BCUT2D eigenvalue weighted by Crippen LogP contribution is -2.12. The number of hydrogen-bond acceptors (Lipinski definition) is 4. The number of nitrogens with zero attached hydrogens (tertiary/aromatic N) is 1. The Kier molecular flexibility index (Phi) is 3.57. The fourth-order valence-electron chi connectivity index (χ4n) is 1.53. The summed E-state index contributed by atoms with van der Waals surface area (Å²) in [6, 6.07) is 5.20. The van der Waals surface area contributed by atoms with E-state index in [1.165, 1.54) is 6.07 Å². The van der Waals surface area contributed by atoms with E-state index >= 15 is 0 Å². The fraction of sp³-hybridized carbons (Fsp3) is 0.0833. The summed E-state index contributed by atoms with van der Waals surface area (Å²) in [6.07, 6.45) is 0. The maximum Gasteiger partial charge on any atom is 0.178 e. The molecule has 1 aromatic heterocycles. The van der Waals surface area contributed by atoms with Crippen LogP contribution in [0.4, 0.5) is 30.5 Å². The molecular weight excluding hydrogens is 257 g/mol. The Labute approximate surface area is 107 Å². The molecule has 1 heterocycles. The second-order valence-electron chi connectivity index (χ2n) is 3.86. The Morgan fingerprint density at radius 2 is 1.79 bits per heavy atom. The number of nitrogens with two attached hydrogens (primary N) is 1. The van der Waals surface area contributed by atoms with Crippen molar-refractivity contribution in [2.24, 2.45) is 5.84 Å². The summed E-state index contributed by atoms with van der Waals surface area (Å²) < 4.78 is 40.4. The van der Waals surface area contributed by atoms with Gasteiger partial charge in [-0.05, 0) is 18.6 Å². The van der Waals surface area contributed by atoms with Gasteiger partial charge < -0.3 is 10.7 Å². The molecule has 0 radical (unpaired) electrons. The van der Waals surface area contributed by atoms with Crippen LogP contribution in [0.5, 0.6) is 0 Å². The second-order valence-corrected chi connectivity index (χ2v) is 3.86. The Bertz CT molecular complexity index is 616. The maximum absolute atomic E-state index is 13.8. The smallest absolute Gasteiger partial charge is 0.178 e. The van der Waals surface area contributed by atoms with Crippen molar-refractivity contribution in [3.63, 3.8) is 0 Å². The molecule has 0 bridgehead atoms. The maximum atomic E-state index is 13.8. The number of benzene rings is 1. The van der Waals surface area contributed by atoms with E-state index in [2.05, 4.69) is 10.3 Å². The van der Waals surface area contributed by atoms with Crippen LogP contribution in [0.1, 0.15) is 5.56 Å². The number of hydrogen-bond donors (Lipinski definition) is 3. The lowest BCUT2D eigenvalue weighted by molar-refractivity contribution is 0.579. The summed E-state index contributed by atoms with van der Waals surface area (Å²) in [5, 5.41) is 2.46. The topological polar surface area (TPSA) is 63.0 Å². The first-order valence-electron chi connectivity index (χ1n) is 5.37. The summed E-state index contributed by atoms with van der Waals surface area (Å²) in [5.74, 6) is 1.97. The van der Waals surface area contributed by atoms with Crippen LogP contribution in [0, 0.1) is 24.4 Å². The third-order valence-electron chi connectivity index (χ3n) is 2.51. The van der Waals surface area contributed by atoms with Gasteiger partial charge in [0.2, 0.25) is 0 Å². The number of nitrogens with one attached hydrogen (secondary N) is 2. The van der Waals surface area contributed by atoms with Gasteiger partial charge in [-0.1, -0.05) is 12.1 Å². The Morgan fingerprint density at radius 1 is 1.11 bits per heavy atom. The van der Waals surface area contributed by atoms with Gasteiger partial charge in [0, 0.05) is 6.07 Å². The van der Waals surface area contributed by atoms with Crippen molar-refractivity contribution >= 4 is 17.3 Å². The second kappa shape index (κ2) is 5.15. The predicted octanol–water partition coefficient (Wildman–Crippen LogP) is 2.84. The van der Waals surface area contributed by atoms with Gasteiger partial charge in [-0.2, -0.15) is 0 Å². The lowest BCUT2D eigenvalue weighted by Gasteiger charge is -2.10. The van der Waals surface area contributed by atoms with Gasteiger partial charge in [-0.15, -0.1) is 0 Å². The molecular formula is C12H11F3N4. The lowest BCUT2D eigenvalue weighted by atomic mass is 10.2. The number of pyridine rings is 1. The van der Waals surface area contributed by atoms with Crippen molar-refractivity contribution in [1.82, 2.24) is 4.98 Å². The van der Waals surface area contributed by atoms with E-state index in [4.69, 9.17) is 5.84 Å². The molecule has 0 atom stereocenters. The minimum atomic E-state index is -0.947. The molecule has 0 aliphatic carbocycles. The van der Waals surface area contributed by atoms with Gasteiger partial charge in [-0.3, -0.25) is 0 Å². The molecule has 0 aliphatic rings. The average molecular weight is 268 g/mol. The molecule has 1 aromatic carbocycles. The zero-order valence-electron chi connectivity index (χ0n) is 9.97. The van der Waals surface area contributed by atoms with Gasteiger partial charge in [-0.25, -0.2) is 24.0 Å². The molecule has 100 valence electrons. The first-order chi connectivity index (χ1) is 9.02. The van der Waals surface area contributed by atoms with Crippen molar-refractivity contribution < 1.29 is 13.2 Å². The summed E-state index contributed by atoms with van der Waals surface area (Å²) in [7, 11) is 0. The molecule has 4 N–H and O–H groups in total. The van der Waals surface area contributed by atoms with E-state index in [1.54, 1.807) is 19.1 Å². The molecule has 0 fully saturated rings. The van der Waals surface area contributed by atoms with Crippen LogP contribution < -0.4 is 16.6 Å². The summed E-state index contributed by atoms with van der Waals surface area (Å²) >= 11 is 0. The molecule has 0 saturated heterocycles. The molecule has 2 aromatic rings. The van der Waals surface area contributed by atoms with Crippen LogP contribution in [0.25, 0.3) is 0 Å². The van der Waals surface area contributed by atoms with Crippen LogP contribution >= 0.6 is 0 Å². The minimum Gasteiger partial charge on any atom is -0.335 e. The Morgan fingerprint density at radius 3 is 2.47 bits per heavy atom. The molecule has 0 aliphatic heterocycles. The molecule has 0 saturated carbocycles. The van der Waals surface area contributed by atoms with Crippen molar-refractivity contribution in [2.45, 2.75) is 6.92 Å². The molecule has 19 heavy (non-hydrogen) atoms. The Balaban J connectivity index is 2.41. The molecule has 0 unspecified atom stereocenters. The monoisotopic (exact) mass is 268 g/mol. The van der Waals surface area contributed by atoms with Crippen molar-refractivity contribution in [3.8, 4) is 0 Å². The van der Waals surface area contributed by atoms with Gasteiger partial charge in [0.15, 0.2) is 23.3 Å². The highest BCUT2D eigenvalue weighted by Gasteiger charge is 2.13. The first kappa shape index (κ1) is 13.2. The third-order valence-corrected chi connectivity index (χ3v) is 2.51. The first-order valence-corrected chi connectivity index (χ1v) is 5.37. The van der Waals surface area contributed by atoms with Gasteiger partial charge in [0.05, 0.1) is 5.69 Å². The number of nitrogen functional groups attached to an aromatic ring is 1. The fourth-order valence-corrected chi connectivity index (χ4v) is 1.53. The highest BCUT2D eigenvalue weighted by atomic mass is 19.1. The summed E-state index contributed by atoms with van der Waals surface area (Å²) in [5.41, 5.74) is 2.42. The highest BCUT2D eigenvalue weighted by molar-refractivity contribution is 5.60. The molecule has 7 heteroatoms. The van der Waals surface area contributed by atoms with E-state index < -0.39 is 17.5 Å². The number of hydrazine groups is 1. The standard InChI is InChI=1S/C12H11F3N4/c1-6-3-2-4-9(10(6)15)17-11-7(13)5-8(14)12(18-11)19-16/h2-5H,16H2,1H3,(H2,17,18,19). The van der Waals surface area contributed by atoms with Crippen LogP contribution in [-0.4, -0.2) is 4.98 Å². The number of rotatable bonds is 3. The van der Waals surface area contributed by atoms with E-state index in [-0.39, 0.29) is 17.3 Å². The third kappa shape index (κ3) is 2.60. The number of halogens is 3. The van der Waals surface area contributed by atoms with Crippen LogP contribution in [0.3, 0.4) is 0 Å². The number of aromatic nitrogens is 1. The van der Waals surface area contributed by atoms with Crippen molar-refractivity contribution in [3.05, 3.63) is 47.3 Å². The van der Waals surface area contributed by atoms with Crippen LogP contribution in [0.2, 0.25) is 0 Å². The minimum absolute atomic E-state index is 0.0426. The molecule has 2 rings (SSSR count). The van der Waals surface area contributed by atoms with E-state index in [1.807, 2.05) is 5.43 Å². The van der Waals surface area contributed by atoms with Crippen molar-refractivity contribution in [2.75, 3.05) is 10.7 Å². The van der Waals surface area contributed by atoms with E-state index in [0.29, 0.717) is 11.6 Å². The normalized spacial score (nSPS) is 10.4. The van der Waals surface area contributed by atoms with Gasteiger partial charge >= 0.3 is 0 Å². The zero-order valence-corrected chi connectivity index (χ0v) is 9.97. The van der Waals surface area contributed by atoms with Crippen LogP contribution in [0.15, 0.2) is 24.3 Å². The van der Waals surface area contributed by atoms with Gasteiger partial charge in [0.1, 0.15) is 5.82 Å². The summed E-state index contributed by atoms with van der Waals surface area (Å²) in [4.78, 5) is 3.59. The molecule has 0 spiro atoms. The summed E-state index contributed by atoms with van der Waals surface area (Å²) in [6.45, 7) is 1.57. The highest BCUT2D eigenvalue weighted by Crippen LogP contribution is 2.24.